The van der Waals surface area contributed by atoms with Gasteiger partial charge in [0.2, 0.25) is 5.91 Å². The number of piperidine rings is 1. The van der Waals surface area contributed by atoms with Crippen molar-refractivity contribution in [3.8, 4) is 0 Å². The van der Waals surface area contributed by atoms with Gasteiger partial charge in [0.1, 0.15) is 23.8 Å². The van der Waals surface area contributed by atoms with Crippen molar-refractivity contribution >= 4 is 17.5 Å². The number of amides is 1. The molecular formula is C26H37N7O2. The van der Waals surface area contributed by atoms with E-state index in [0.717, 1.165) is 76.5 Å². The Morgan fingerprint density at radius 3 is 2.54 bits per heavy atom. The number of nitrogens with zero attached hydrogens (tertiary/aromatic N) is 6. The molecular weight excluding hydrogens is 442 g/mol. The molecule has 0 unspecified atom stereocenters. The van der Waals surface area contributed by atoms with E-state index in [-0.39, 0.29) is 5.91 Å². The highest BCUT2D eigenvalue weighted by Crippen LogP contribution is 2.35. The van der Waals surface area contributed by atoms with E-state index in [1.165, 1.54) is 37.4 Å². The summed E-state index contributed by atoms with van der Waals surface area (Å²) in [5, 5.41) is 2.91. The van der Waals surface area contributed by atoms with E-state index in [9.17, 15) is 4.79 Å². The highest BCUT2D eigenvalue weighted by Gasteiger charge is 2.30. The van der Waals surface area contributed by atoms with Crippen molar-refractivity contribution in [2.24, 2.45) is 0 Å². The van der Waals surface area contributed by atoms with Crippen LogP contribution in [0.3, 0.4) is 0 Å². The number of ether oxygens (including phenoxy) is 1. The quantitative estimate of drug-likeness (QED) is 0.681. The minimum Gasteiger partial charge on any atom is -0.381 e. The Kier molecular flexibility index (Phi) is 6.69. The van der Waals surface area contributed by atoms with Gasteiger partial charge >= 0.3 is 0 Å². The van der Waals surface area contributed by atoms with E-state index in [1.54, 1.807) is 6.33 Å². The van der Waals surface area contributed by atoms with Crippen LogP contribution in [0.25, 0.3) is 0 Å². The van der Waals surface area contributed by atoms with Crippen molar-refractivity contribution in [2.45, 2.75) is 69.7 Å². The van der Waals surface area contributed by atoms with Crippen molar-refractivity contribution in [1.82, 2.24) is 24.4 Å². The van der Waals surface area contributed by atoms with Gasteiger partial charge in [-0.1, -0.05) is 0 Å². The van der Waals surface area contributed by atoms with E-state index < -0.39 is 0 Å². The van der Waals surface area contributed by atoms with E-state index in [4.69, 9.17) is 9.72 Å². The van der Waals surface area contributed by atoms with Crippen LogP contribution in [-0.2, 0) is 22.5 Å². The molecule has 0 radical (unpaired) electrons. The molecule has 3 fully saturated rings. The minimum absolute atomic E-state index is 0.0435. The molecule has 4 aliphatic heterocycles. The van der Waals surface area contributed by atoms with Crippen LogP contribution in [0.2, 0.25) is 0 Å². The van der Waals surface area contributed by atoms with Gasteiger partial charge in [0.15, 0.2) is 0 Å². The third kappa shape index (κ3) is 4.93. The SMILES string of the molecule is O=C1CCc2c(ncnc2N2CCC(c3nc(C4CCOCC4)cn3CCN3CCCC3)CC2)N1. The molecule has 1 N–H and O–H groups in total. The van der Waals surface area contributed by atoms with E-state index in [0.29, 0.717) is 30.5 Å². The fourth-order valence-electron chi connectivity index (χ4n) is 6.20. The molecule has 0 atom stereocenters. The predicted octanol–water partition coefficient (Wildman–Crippen LogP) is 2.93. The first-order valence-electron chi connectivity index (χ1n) is 13.5. The van der Waals surface area contributed by atoms with E-state index in [1.807, 2.05) is 0 Å². The number of anilines is 2. The molecule has 6 rings (SSSR count). The number of imidazole rings is 1. The molecule has 0 saturated carbocycles. The van der Waals surface area contributed by atoms with Crippen LogP contribution in [0.15, 0.2) is 12.5 Å². The average molecular weight is 480 g/mol. The number of likely N-dealkylation sites (tertiary alicyclic amines) is 1. The monoisotopic (exact) mass is 479 g/mol. The summed E-state index contributed by atoms with van der Waals surface area (Å²) in [5.41, 5.74) is 2.35. The summed E-state index contributed by atoms with van der Waals surface area (Å²) in [4.78, 5) is 31.0. The normalized spacial score (nSPS) is 22.4. The van der Waals surface area contributed by atoms with Gasteiger partial charge in [-0.05, 0) is 58.0 Å². The van der Waals surface area contributed by atoms with Crippen LogP contribution >= 0.6 is 0 Å². The molecule has 0 aliphatic carbocycles. The highest BCUT2D eigenvalue weighted by molar-refractivity contribution is 5.93. The van der Waals surface area contributed by atoms with Crippen molar-refractivity contribution in [2.75, 3.05) is 56.2 Å². The molecule has 9 heteroatoms. The van der Waals surface area contributed by atoms with Crippen LogP contribution in [-0.4, -0.2) is 76.3 Å². The van der Waals surface area contributed by atoms with Gasteiger partial charge in [0.05, 0.1) is 5.69 Å². The highest BCUT2D eigenvalue weighted by atomic mass is 16.5. The fourth-order valence-corrected chi connectivity index (χ4v) is 6.20. The van der Waals surface area contributed by atoms with E-state index >= 15 is 0 Å². The number of hydrogen-bond acceptors (Lipinski definition) is 7. The lowest BCUT2D eigenvalue weighted by Crippen LogP contribution is -2.36. The molecule has 3 saturated heterocycles. The lowest BCUT2D eigenvalue weighted by molar-refractivity contribution is -0.116. The first-order chi connectivity index (χ1) is 17.2. The molecule has 9 nitrogen and oxygen atoms in total. The first kappa shape index (κ1) is 22.9. The predicted molar refractivity (Wildman–Crippen MR) is 134 cm³/mol. The number of carbonyl (C=O) groups is 1. The second kappa shape index (κ2) is 10.2. The average Bonchev–Trinajstić information content (AvgIpc) is 3.58. The summed E-state index contributed by atoms with van der Waals surface area (Å²) in [5.74, 6) is 4.00. The van der Waals surface area contributed by atoms with E-state index in [2.05, 4.69) is 35.8 Å². The maximum absolute atomic E-state index is 11.8. The summed E-state index contributed by atoms with van der Waals surface area (Å²) >= 11 is 0. The largest absolute Gasteiger partial charge is 0.381 e. The molecule has 0 bridgehead atoms. The molecule has 0 aromatic carbocycles. The van der Waals surface area contributed by atoms with Crippen LogP contribution in [0.1, 0.15) is 73.9 Å². The molecule has 1 amide bonds. The standard InChI is InChI=1S/C26H37N7O2/c34-23-4-3-21-24(30-23)27-18-28-26(21)32-11-5-20(6-12-32)25-29-22(19-7-15-35-16-8-19)17-33(25)14-13-31-9-1-2-10-31/h17-20H,1-16H2,(H,27,28,30,34). The molecule has 188 valence electrons. The van der Waals surface area contributed by atoms with Crippen molar-refractivity contribution in [1.29, 1.82) is 0 Å². The molecule has 35 heavy (non-hydrogen) atoms. The Morgan fingerprint density at radius 2 is 1.74 bits per heavy atom. The zero-order valence-corrected chi connectivity index (χ0v) is 20.6. The third-order valence-electron chi connectivity index (χ3n) is 8.26. The minimum atomic E-state index is 0.0435. The Morgan fingerprint density at radius 1 is 0.943 bits per heavy atom. The lowest BCUT2D eigenvalue weighted by atomic mass is 9.95. The zero-order chi connectivity index (χ0) is 23.6. The molecule has 6 heterocycles. The summed E-state index contributed by atoms with van der Waals surface area (Å²) in [6, 6.07) is 0. The van der Waals surface area contributed by atoms with Crippen LogP contribution in [0.4, 0.5) is 11.6 Å². The molecule has 0 spiro atoms. The summed E-state index contributed by atoms with van der Waals surface area (Å²) in [7, 11) is 0. The smallest absolute Gasteiger partial charge is 0.225 e. The zero-order valence-electron chi connectivity index (χ0n) is 20.6. The molecule has 2 aromatic rings. The summed E-state index contributed by atoms with van der Waals surface area (Å²) in [6.45, 7) is 8.23. The topological polar surface area (TPSA) is 88.4 Å². The number of hydrogen-bond donors (Lipinski definition) is 1. The Balaban J connectivity index is 1.17. The number of aromatic nitrogens is 4. The van der Waals surface area contributed by atoms with Gasteiger partial charge in [-0.3, -0.25) is 4.79 Å². The van der Waals surface area contributed by atoms with Crippen molar-refractivity contribution in [3.63, 3.8) is 0 Å². The van der Waals surface area contributed by atoms with Gasteiger partial charge in [0, 0.05) is 69.4 Å². The maximum atomic E-state index is 11.8. The van der Waals surface area contributed by atoms with Crippen LogP contribution < -0.4 is 10.2 Å². The van der Waals surface area contributed by atoms with Gasteiger partial charge in [-0.2, -0.15) is 0 Å². The second-order valence-corrected chi connectivity index (χ2v) is 10.5. The Labute approximate surface area is 207 Å². The number of rotatable bonds is 6. The maximum Gasteiger partial charge on any atom is 0.225 e. The second-order valence-electron chi connectivity index (χ2n) is 10.5. The van der Waals surface area contributed by atoms with Gasteiger partial charge in [0.25, 0.3) is 0 Å². The molecule has 2 aromatic heterocycles. The number of fused-ring (bicyclic) bond motifs is 1. The van der Waals surface area contributed by atoms with Gasteiger partial charge in [-0.25, -0.2) is 15.0 Å². The van der Waals surface area contributed by atoms with Crippen molar-refractivity contribution < 1.29 is 9.53 Å². The molecule has 4 aliphatic rings. The Bertz CT molecular complexity index is 1030. The summed E-state index contributed by atoms with van der Waals surface area (Å²) in [6.07, 6.45) is 12.1. The lowest BCUT2D eigenvalue weighted by Gasteiger charge is -2.34. The first-order valence-corrected chi connectivity index (χ1v) is 13.5. The van der Waals surface area contributed by atoms with Crippen LogP contribution in [0, 0.1) is 0 Å². The third-order valence-corrected chi connectivity index (χ3v) is 8.26. The van der Waals surface area contributed by atoms with Crippen LogP contribution in [0.5, 0.6) is 0 Å². The summed E-state index contributed by atoms with van der Waals surface area (Å²) < 4.78 is 8.09. The number of nitrogens with one attached hydrogen (secondary N) is 1. The van der Waals surface area contributed by atoms with Crippen molar-refractivity contribution in [3.05, 3.63) is 29.6 Å². The Hall–Kier alpha value is -2.52. The fraction of sp³-hybridized carbons (Fsp3) is 0.692. The number of carbonyl (C=O) groups excluding carboxylic acids is 1. The van der Waals surface area contributed by atoms with Gasteiger partial charge < -0.3 is 24.4 Å². The van der Waals surface area contributed by atoms with Gasteiger partial charge in [-0.15, -0.1) is 0 Å².